The molecule has 21 heavy (non-hydrogen) atoms. The molecule has 4 heteroatoms. The largest absolute Gasteiger partial charge is 0.497 e. The Morgan fingerprint density at radius 1 is 1.43 bits per heavy atom. The van der Waals surface area contributed by atoms with Gasteiger partial charge in [0.2, 0.25) is 5.91 Å². The second-order valence-electron chi connectivity index (χ2n) is 5.46. The highest BCUT2D eigenvalue weighted by atomic mass is 16.5. The van der Waals surface area contributed by atoms with Gasteiger partial charge in [-0.3, -0.25) is 4.79 Å². The number of ether oxygens (including phenoxy) is 1. The minimum atomic E-state index is 0.103. The Labute approximate surface area is 126 Å². The number of benzene rings is 1. The smallest absolute Gasteiger partial charge is 0.246 e. The number of carbonyl (C=O) groups is 1. The summed E-state index contributed by atoms with van der Waals surface area (Å²) in [7, 11) is 3.61. The SMILES string of the molecule is CNCC1CCCN(C(=O)/C=C/c2ccc(OC)cc2)C1. The molecule has 1 unspecified atom stereocenters. The Hall–Kier alpha value is -1.81. The van der Waals surface area contributed by atoms with Gasteiger partial charge in [0.05, 0.1) is 7.11 Å². The third-order valence-electron chi connectivity index (χ3n) is 3.86. The summed E-state index contributed by atoms with van der Waals surface area (Å²) in [6, 6.07) is 7.69. The molecule has 1 atom stereocenters. The average Bonchev–Trinajstić information content (AvgIpc) is 2.53. The van der Waals surface area contributed by atoms with Crippen LogP contribution in [-0.4, -0.2) is 44.6 Å². The third kappa shape index (κ3) is 4.60. The fraction of sp³-hybridized carbons (Fsp3) is 0.471. The molecule has 1 heterocycles. The summed E-state index contributed by atoms with van der Waals surface area (Å²) in [5.74, 6) is 1.50. The molecule has 1 saturated heterocycles. The lowest BCUT2D eigenvalue weighted by molar-refractivity contribution is -0.127. The van der Waals surface area contributed by atoms with Crippen LogP contribution in [0.2, 0.25) is 0 Å². The lowest BCUT2D eigenvalue weighted by atomic mass is 9.98. The Morgan fingerprint density at radius 3 is 2.86 bits per heavy atom. The molecular formula is C17H24N2O2. The summed E-state index contributed by atoms with van der Waals surface area (Å²) >= 11 is 0. The van der Waals surface area contributed by atoms with Gasteiger partial charge >= 0.3 is 0 Å². The molecule has 4 nitrogen and oxygen atoms in total. The van der Waals surface area contributed by atoms with Crippen molar-refractivity contribution in [3.63, 3.8) is 0 Å². The van der Waals surface area contributed by atoms with Gasteiger partial charge in [0.15, 0.2) is 0 Å². The zero-order valence-electron chi connectivity index (χ0n) is 12.8. The quantitative estimate of drug-likeness (QED) is 0.844. The molecule has 0 radical (unpaired) electrons. The lowest BCUT2D eigenvalue weighted by Crippen LogP contribution is -2.41. The molecule has 1 aromatic rings. The van der Waals surface area contributed by atoms with Gasteiger partial charge in [-0.15, -0.1) is 0 Å². The molecule has 1 aliphatic rings. The van der Waals surface area contributed by atoms with Crippen LogP contribution in [0.5, 0.6) is 5.75 Å². The van der Waals surface area contributed by atoms with E-state index in [1.165, 1.54) is 6.42 Å². The first-order valence-corrected chi connectivity index (χ1v) is 7.48. The highest BCUT2D eigenvalue weighted by molar-refractivity contribution is 5.91. The van der Waals surface area contributed by atoms with E-state index >= 15 is 0 Å². The van der Waals surface area contributed by atoms with E-state index in [0.29, 0.717) is 5.92 Å². The van der Waals surface area contributed by atoms with E-state index < -0.39 is 0 Å². The summed E-state index contributed by atoms with van der Waals surface area (Å²) in [6.07, 6.45) is 5.83. The number of nitrogens with zero attached hydrogens (tertiary/aromatic N) is 1. The minimum absolute atomic E-state index is 0.103. The second-order valence-corrected chi connectivity index (χ2v) is 5.46. The van der Waals surface area contributed by atoms with Crippen LogP contribution in [0.25, 0.3) is 6.08 Å². The molecule has 2 rings (SSSR count). The van der Waals surface area contributed by atoms with Crippen LogP contribution in [0.3, 0.4) is 0 Å². The molecular weight excluding hydrogens is 264 g/mol. The second kappa shape index (κ2) is 7.84. The van der Waals surface area contributed by atoms with Gasteiger partial charge in [-0.25, -0.2) is 0 Å². The zero-order valence-corrected chi connectivity index (χ0v) is 12.8. The number of nitrogens with one attached hydrogen (secondary N) is 1. The van der Waals surface area contributed by atoms with Gasteiger partial charge in [-0.1, -0.05) is 12.1 Å². The predicted molar refractivity (Wildman–Crippen MR) is 85.3 cm³/mol. The number of likely N-dealkylation sites (tertiary alicyclic amines) is 1. The Morgan fingerprint density at radius 2 is 2.19 bits per heavy atom. The molecule has 0 aliphatic carbocycles. The average molecular weight is 288 g/mol. The van der Waals surface area contributed by atoms with Gasteiger partial charge in [0.1, 0.15) is 5.75 Å². The van der Waals surface area contributed by atoms with Crippen molar-refractivity contribution in [3.8, 4) is 5.75 Å². The normalized spacial score (nSPS) is 19.0. The van der Waals surface area contributed by atoms with E-state index in [9.17, 15) is 4.79 Å². The molecule has 0 aromatic heterocycles. The van der Waals surface area contributed by atoms with Crippen LogP contribution in [0.4, 0.5) is 0 Å². The maximum atomic E-state index is 12.2. The van der Waals surface area contributed by atoms with E-state index in [0.717, 1.165) is 37.4 Å². The topological polar surface area (TPSA) is 41.6 Å². The molecule has 0 bridgehead atoms. The molecule has 0 spiro atoms. The van der Waals surface area contributed by atoms with Crippen molar-refractivity contribution in [2.75, 3.05) is 33.8 Å². The first kappa shape index (κ1) is 15.6. The molecule has 0 saturated carbocycles. The van der Waals surface area contributed by atoms with Crippen LogP contribution in [0.15, 0.2) is 30.3 Å². The summed E-state index contributed by atoms with van der Waals surface area (Å²) < 4.78 is 5.12. The van der Waals surface area contributed by atoms with E-state index in [-0.39, 0.29) is 5.91 Å². The third-order valence-corrected chi connectivity index (χ3v) is 3.86. The maximum Gasteiger partial charge on any atom is 0.246 e. The van der Waals surface area contributed by atoms with Gasteiger partial charge < -0.3 is 15.0 Å². The van der Waals surface area contributed by atoms with Crippen molar-refractivity contribution in [3.05, 3.63) is 35.9 Å². The highest BCUT2D eigenvalue weighted by Crippen LogP contribution is 2.17. The van der Waals surface area contributed by atoms with Gasteiger partial charge in [0, 0.05) is 19.2 Å². The van der Waals surface area contributed by atoms with Crippen LogP contribution < -0.4 is 10.1 Å². The Bertz CT molecular complexity index is 480. The summed E-state index contributed by atoms with van der Waals surface area (Å²) in [4.78, 5) is 14.2. The van der Waals surface area contributed by atoms with E-state index in [4.69, 9.17) is 4.74 Å². The number of rotatable bonds is 5. The summed E-state index contributed by atoms with van der Waals surface area (Å²) in [6.45, 7) is 2.70. The maximum absolute atomic E-state index is 12.2. The van der Waals surface area contributed by atoms with Crippen LogP contribution in [0, 0.1) is 5.92 Å². The van der Waals surface area contributed by atoms with E-state index in [1.807, 2.05) is 42.3 Å². The van der Waals surface area contributed by atoms with Crippen LogP contribution in [-0.2, 0) is 4.79 Å². The fourth-order valence-electron chi connectivity index (χ4n) is 2.71. The number of hydrogen-bond acceptors (Lipinski definition) is 3. The predicted octanol–water partition coefficient (Wildman–Crippen LogP) is 2.17. The molecule has 1 N–H and O–H groups in total. The summed E-state index contributed by atoms with van der Waals surface area (Å²) in [5, 5.41) is 3.20. The molecule has 114 valence electrons. The lowest BCUT2D eigenvalue weighted by Gasteiger charge is -2.32. The van der Waals surface area contributed by atoms with Gasteiger partial charge in [-0.05, 0) is 56.1 Å². The van der Waals surface area contributed by atoms with Crippen LogP contribution in [0.1, 0.15) is 18.4 Å². The zero-order chi connectivity index (χ0) is 15.1. The number of amides is 1. The number of methoxy groups -OCH3 is 1. The number of piperidine rings is 1. The van der Waals surface area contributed by atoms with Crippen LogP contribution >= 0.6 is 0 Å². The first-order chi connectivity index (χ1) is 10.2. The molecule has 1 aromatic carbocycles. The van der Waals surface area contributed by atoms with Crippen molar-refractivity contribution in [1.82, 2.24) is 10.2 Å². The molecule has 1 amide bonds. The summed E-state index contributed by atoms with van der Waals surface area (Å²) in [5.41, 5.74) is 1.01. The van der Waals surface area contributed by atoms with Crippen molar-refractivity contribution >= 4 is 12.0 Å². The molecule has 1 fully saturated rings. The number of hydrogen-bond donors (Lipinski definition) is 1. The van der Waals surface area contributed by atoms with Gasteiger partial charge in [0.25, 0.3) is 0 Å². The Balaban J connectivity index is 1.91. The highest BCUT2D eigenvalue weighted by Gasteiger charge is 2.21. The standard InChI is InChI=1S/C17H24N2O2/c1-18-12-15-4-3-11-19(13-15)17(20)10-7-14-5-8-16(21-2)9-6-14/h5-10,15,18H,3-4,11-13H2,1-2H3/b10-7+. The Kier molecular flexibility index (Phi) is 5.81. The van der Waals surface area contributed by atoms with E-state index in [1.54, 1.807) is 13.2 Å². The van der Waals surface area contributed by atoms with Crippen molar-refractivity contribution < 1.29 is 9.53 Å². The first-order valence-electron chi connectivity index (χ1n) is 7.48. The van der Waals surface area contributed by atoms with Crippen molar-refractivity contribution in [2.45, 2.75) is 12.8 Å². The van der Waals surface area contributed by atoms with Crippen molar-refractivity contribution in [2.24, 2.45) is 5.92 Å². The van der Waals surface area contributed by atoms with Crippen molar-refractivity contribution in [1.29, 1.82) is 0 Å². The minimum Gasteiger partial charge on any atom is -0.497 e. The monoisotopic (exact) mass is 288 g/mol. The molecule has 1 aliphatic heterocycles. The fourth-order valence-corrected chi connectivity index (χ4v) is 2.71. The van der Waals surface area contributed by atoms with Gasteiger partial charge in [-0.2, -0.15) is 0 Å². The number of carbonyl (C=O) groups excluding carboxylic acids is 1. The van der Waals surface area contributed by atoms with E-state index in [2.05, 4.69) is 5.32 Å².